The summed E-state index contributed by atoms with van der Waals surface area (Å²) in [5.41, 5.74) is 4.26. The summed E-state index contributed by atoms with van der Waals surface area (Å²) in [7, 11) is 1.47. The molecule has 5 aromatic rings. The molecule has 264 valence electrons. The number of amides is 2. The topological polar surface area (TPSA) is 125 Å². The SMILES string of the molecule is COc1cc(F)cnc1N1CCN(C(=O)c2cc3c(-c4ccncc4C(C)C)cc(C4=CCCN(C(=O)CCn5ccnn5)C4)c(F)c3[nH]2)CC1. The second-order valence-electron chi connectivity index (χ2n) is 13.1. The highest BCUT2D eigenvalue weighted by Gasteiger charge is 2.29. The Labute approximate surface area is 293 Å². The summed E-state index contributed by atoms with van der Waals surface area (Å²) in [6, 6.07) is 6.79. The van der Waals surface area contributed by atoms with E-state index in [9.17, 15) is 14.0 Å². The van der Waals surface area contributed by atoms with Gasteiger partial charge in [0.05, 0.1) is 31.6 Å². The number of anilines is 1. The molecule has 51 heavy (non-hydrogen) atoms. The van der Waals surface area contributed by atoms with E-state index in [0.717, 1.165) is 22.9 Å². The van der Waals surface area contributed by atoms with Gasteiger partial charge in [0.15, 0.2) is 17.4 Å². The molecule has 0 unspecified atom stereocenters. The van der Waals surface area contributed by atoms with Crippen LogP contribution >= 0.6 is 0 Å². The molecule has 1 N–H and O–H groups in total. The van der Waals surface area contributed by atoms with Gasteiger partial charge in [-0.15, -0.1) is 5.10 Å². The van der Waals surface area contributed by atoms with E-state index in [1.54, 1.807) is 39.1 Å². The molecular weight excluding hydrogens is 656 g/mol. The lowest BCUT2D eigenvalue weighted by molar-refractivity contribution is -0.131. The number of rotatable bonds is 9. The summed E-state index contributed by atoms with van der Waals surface area (Å²) in [6.45, 7) is 7.05. The molecular formula is C37H39F2N9O3. The molecule has 1 fully saturated rings. The number of aromatic amines is 1. The van der Waals surface area contributed by atoms with E-state index in [2.05, 4.69) is 39.1 Å². The second kappa shape index (κ2) is 14.3. The van der Waals surface area contributed by atoms with Crippen LogP contribution in [-0.4, -0.2) is 97.9 Å². The Hall–Kier alpha value is -5.66. The predicted octanol–water partition coefficient (Wildman–Crippen LogP) is 5.30. The molecule has 4 aromatic heterocycles. The number of aryl methyl sites for hydroxylation is 1. The third-order valence-corrected chi connectivity index (χ3v) is 9.61. The largest absolute Gasteiger partial charge is 0.493 e. The number of piperazine rings is 1. The highest BCUT2D eigenvalue weighted by molar-refractivity contribution is 6.05. The molecule has 0 atom stereocenters. The lowest BCUT2D eigenvalue weighted by Gasteiger charge is -2.35. The maximum absolute atomic E-state index is 16.7. The number of halogens is 2. The Morgan fingerprint density at radius 2 is 1.80 bits per heavy atom. The first-order chi connectivity index (χ1) is 24.7. The van der Waals surface area contributed by atoms with Gasteiger partial charge in [-0.1, -0.05) is 25.1 Å². The van der Waals surface area contributed by atoms with Crippen molar-refractivity contribution in [3.05, 3.63) is 89.8 Å². The van der Waals surface area contributed by atoms with Gasteiger partial charge in [0.2, 0.25) is 5.91 Å². The average molecular weight is 696 g/mol. The van der Waals surface area contributed by atoms with E-state index in [1.165, 1.54) is 13.2 Å². The van der Waals surface area contributed by atoms with Crippen molar-refractivity contribution in [2.24, 2.45) is 0 Å². The number of ether oxygens (including phenoxy) is 1. The van der Waals surface area contributed by atoms with E-state index in [0.29, 0.717) is 73.8 Å². The summed E-state index contributed by atoms with van der Waals surface area (Å²) >= 11 is 0. The summed E-state index contributed by atoms with van der Waals surface area (Å²) < 4.78 is 37.4. The number of methoxy groups -OCH3 is 1. The van der Waals surface area contributed by atoms with E-state index in [4.69, 9.17) is 4.74 Å². The molecule has 0 saturated carbocycles. The van der Waals surface area contributed by atoms with Crippen molar-refractivity contribution in [2.45, 2.75) is 39.2 Å². The molecule has 0 bridgehead atoms. The van der Waals surface area contributed by atoms with Gasteiger partial charge in [0, 0.05) is 81.3 Å². The fraction of sp³-hybridized carbons (Fsp3) is 0.351. The Kier molecular flexibility index (Phi) is 9.48. The molecule has 12 nitrogen and oxygen atoms in total. The molecule has 0 spiro atoms. The van der Waals surface area contributed by atoms with E-state index >= 15 is 4.39 Å². The molecule has 14 heteroatoms. The van der Waals surface area contributed by atoms with Crippen LogP contribution in [0.3, 0.4) is 0 Å². The number of fused-ring (bicyclic) bond motifs is 1. The zero-order valence-electron chi connectivity index (χ0n) is 28.8. The Morgan fingerprint density at radius 3 is 2.55 bits per heavy atom. The second-order valence-corrected chi connectivity index (χ2v) is 13.1. The number of aromatic nitrogens is 6. The zero-order chi connectivity index (χ0) is 35.6. The highest BCUT2D eigenvalue weighted by atomic mass is 19.1. The average Bonchev–Trinajstić information content (AvgIpc) is 3.85. The monoisotopic (exact) mass is 695 g/mol. The molecule has 7 rings (SSSR count). The molecule has 2 amide bonds. The molecule has 0 radical (unpaired) electrons. The van der Waals surface area contributed by atoms with E-state index in [1.807, 2.05) is 29.3 Å². The third kappa shape index (κ3) is 6.77. The van der Waals surface area contributed by atoms with Gasteiger partial charge in [-0.25, -0.2) is 13.8 Å². The van der Waals surface area contributed by atoms with E-state index in [-0.39, 0.29) is 41.9 Å². The van der Waals surface area contributed by atoms with Crippen LogP contribution in [0.5, 0.6) is 5.75 Å². The van der Waals surface area contributed by atoms with Crippen LogP contribution in [0.4, 0.5) is 14.6 Å². The molecule has 1 aromatic carbocycles. The Morgan fingerprint density at radius 1 is 0.980 bits per heavy atom. The van der Waals surface area contributed by atoms with Crippen LogP contribution in [-0.2, 0) is 11.3 Å². The maximum atomic E-state index is 16.7. The van der Waals surface area contributed by atoms with Crippen molar-refractivity contribution in [1.29, 1.82) is 0 Å². The van der Waals surface area contributed by atoms with Crippen LogP contribution in [0.25, 0.3) is 27.6 Å². The standard InChI is InChI=1S/C37H39F2N9O3/c1-23(2)30-21-40-8-6-26(30)28-18-27(24-5-4-10-47(22-24)33(49)7-11-48-12-9-42-44-48)34(39)35-29(28)19-31(43-35)37(50)46-15-13-45(14-16-46)36-32(51-3)17-25(38)20-41-36/h5-6,8-9,12,17-21,23,43H,4,7,10-11,13-16,22H2,1-3H3. The van der Waals surface area contributed by atoms with Gasteiger partial charge in [-0.2, -0.15) is 0 Å². The fourth-order valence-corrected chi connectivity index (χ4v) is 6.91. The van der Waals surface area contributed by atoms with Crippen LogP contribution in [0.1, 0.15) is 54.2 Å². The van der Waals surface area contributed by atoms with E-state index < -0.39 is 11.6 Å². The molecule has 2 aliphatic heterocycles. The van der Waals surface area contributed by atoms with Gasteiger partial charge in [0.1, 0.15) is 11.5 Å². The Bertz CT molecular complexity index is 2100. The number of H-pyrrole nitrogens is 1. The van der Waals surface area contributed by atoms with Crippen LogP contribution in [0.2, 0.25) is 0 Å². The molecule has 1 saturated heterocycles. The van der Waals surface area contributed by atoms with Crippen molar-refractivity contribution < 1.29 is 23.1 Å². The summed E-state index contributed by atoms with van der Waals surface area (Å²) in [6.07, 6.45) is 10.8. The number of benzene rings is 1. The van der Waals surface area contributed by atoms with Gasteiger partial charge in [-0.3, -0.25) is 19.3 Å². The molecule has 6 heterocycles. The number of hydrogen-bond donors (Lipinski definition) is 1. The number of nitrogens with one attached hydrogen (secondary N) is 1. The van der Waals surface area contributed by atoms with Crippen LogP contribution < -0.4 is 9.64 Å². The summed E-state index contributed by atoms with van der Waals surface area (Å²) in [5.74, 6) is -0.289. The van der Waals surface area contributed by atoms with Gasteiger partial charge < -0.3 is 24.4 Å². The lowest BCUT2D eigenvalue weighted by Crippen LogP contribution is -2.49. The van der Waals surface area contributed by atoms with Crippen molar-refractivity contribution >= 4 is 34.1 Å². The number of pyridine rings is 2. The highest BCUT2D eigenvalue weighted by Crippen LogP contribution is 2.39. The summed E-state index contributed by atoms with van der Waals surface area (Å²) in [4.78, 5) is 44.3. The molecule has 0 aliphatic carbocycles. The summed E-state index contributed by atoms with van der Waals surface area (Å²) in [5, 5.41) is 8.33. The Balaban J connectivity index is 1.20. The number of carbonyl (C=O) groups excluding carboxylic acids is 2. The number of hydrogen-bond acceptors (Lipinski definition) is 8. The van der Waals surface area contributed by atoms with Gasteiger partial charge >= 0.3 is 0 Å². The first-order valence-corrected chi connectivity index (χ1v) is 17.1. The first kappa shape index (κ1) is 33.8. The third-order valence-electron chi connectivity index (χ3n) is 9.61. The van der Waals surface area contributed by atoms with Crippen molar-refractivity contribution in [3.63, 3.8) is 0 Å². The van der Waals surface area contributed by atoms with Crippen molar-refractivity contribution in [3.8, 4) is 16.9 Å². The van der Waals surface area contributed by atoms with Crippen LogP contribution in [0.15, 0.2) is 61.3 Å². The van der Waals surface area contributed by atoms with Crippen LogP contribution in [0, 0.1) is 11.6 Å². The van der Waals surface area contributed by atoms with Gasteiger partial charge in [-0.05, 0) is 52.8 Å². The fourth-order valence-electron chi connectivity index (χ4n) is 6.91. The smallest absolute Gasteiger partial charge is 0.270 e. The minimum atomic E-state index is -0.491. The predicted molar refractivity (Wildman–Crippen MR) is 188 cm³/mol. The first-order valence-electron chi connectivity index (χ1n) is 17.1. The number of nitrogens with zero attached hydrogens (tertiary/aromatic N) is 8. The maximum Gasteiger partial charge on any atom is 0.270 e. The lowest BCUT2D eigenvalue weighted by atomic mass is 9.89. The normalized spacial score (nSPS) is 15.1. The molecule has 2 aliphatic rings. The van der Waals surface area contributed by atoms with Crippen molar-refractivity contribution in [2.75, 3.05) is 51.3 Å². The van der Waals surface area contributed by atoms with Crippen molar-refractivity contribution in [1.82, 2.24) is 39.7 Å². The minimum Gasteiger partial charge on any atom is -0.493 e. The van der Waals surface area contributed by atoms with Gasteiger partial charge in [0.25, 0.3) is 5.91 Å². The quantitative estimate of drug-likeness (QED) is 0.221. The number of carbonyl (C=O) groups is 2. The zero-order valence-corrected chi connectivity index (χ0v) is 28.8. The minimum absolute atomic E-state index is 0.0458.